The molecule has 30 heavy (non-hydrogen) atoms. The number of nitrogens with one attached hydrogen (secondary N) is 2. The summed E-state index contributed by atoms with van der Waals surface area (Å²) >= 11 is 0. The van der Waals surface area contributed by atoms with E-state index in [0.29, 0.717) is 5.56 Å². The Morgan fingerprint density at radius 2 is 1.63 bits per heavy atom. The Morgan fingerprint density at radius 1 is 0.967 bits per heavy atom. The zero-order valence-corrected chi connectivity index (χ0v) is 17.2. The van der Waals surface area contributed by atoms with Gasteiger partial charge in [0.1, 0.15) is 6.04 Å². The Balaban J connectivity index is 2.02. The quantitative estimate of drug-likeness (QED) is 0.673. The number of ether oxygens (including phenoxy) is 1. The van der Waals surface area contributed by atoms with Gasteiger partial charge in [-0.05, 0) is 43.5 Å². The van der Waals surface area contributed by atoms with E-state index in [1.54, 1.807) is 45.0 Å². The van der Waals surface area contributed by atoms with Crippen molar-refractivity contribution in [3.63, 3.8) is 0 Å². The molecule has 0 saturated carbocycles. The second-order valence-electron chi connectivity index (χ2n) is 7.21. The Hall–Kier alpha value is -3.29. The largest absolute Gasteiger partial charge is 0.451 e. The lowest BCUT2D eigenvalue weighted by atomic mass is 10.0. The number of benzene rings is 2. The minimum Gasteiger partial charge on any atom is -0.451 e. The maximum absolute atomic E-state index is 13.3. The standard InChI is InChI=1S/C22H24F2N2O4/c1-12(2)19(26-21(28)16-8-6-5-7-13(16)3)22(29)30-14(4)20(27)25-15-9-10-17(23)18(24)11-15/h5-12,14,19H,1-4H3,(H,25,27)(H,26,28)/t14-,19+/m1/s1. The van der Waals surface area contributed by atoms with E-state index in [0.717, 1.165) is 17.7 Å². The molecule has 0 fully saturated rings. The zero-order chi connectivity index (χ0) is 22.4. The first-order chi connectivity index (χ1) is 14.1. The highest BCUT2D eigenvalue weighted by atomic mass is 19.2. The first kappa shape index (κ1) is 23.0. The lowest BCUT2D eigenvalue weighted by Crippen LogP contribution is -2.47. The highest BCUT2D eigenvalue weighted by molar-refractivity contribution is 5.99. The van der Waals surface area contributed by atoms with Gasteiger partial charge in [-0.15, -0.1) is 0 Å². The molecular formula is C22H24F2N2O4. The van der Waals surface area contributed by atoms with Crippen LogP contribution in [0.4, 0.5) is 14.5 Å². The van der Waals surface area contributed by atoms with Gasteiger partial charge in [0.05, 0.1) is 0 Å². The van der Waals surface area contributed by atoms with E-state index in [2.05, 4.69) is 10.6 Å². The van der Waals surface area contributed by atoms with Crippen LogP contribution >= 0.6 is 0 Å². The third-order valence-electron chi connectivity index (χ3n) is 4.45. The summed E-state index contributed by atoms with van der Waals surface area (Å²) in [5.41, 5.74) is 1.21. The summed E-state index contributed by atoms with van der Waals surface area (Å²) in [6.45, 7) is 6.59. The number of carbonyl (C=O) groups is 3. The van der Waals surface area contributed by atoms with Crippen molar-refractivity contribution in [2.24, 2.45) is 5.92 Å². The van der Waals surface area contributed by atoms with Crippen molar-refractivity contribution < 1.29 is 27.9 Å². The molecule has 160 valence electrons. The molecule has 2 N–H and O–H groups in total. The van der Waals surface area contributed by atoms with Gasteiger partial charge in [-0.2, -0.15) is 0 Å². The Bertz CT molecular complexity index is 946. The number of rotatable bonds is 7. The van der Waals surface area contributed by atoms with Gasteiger partial charge in [0.25, 0.3) is 11.8 Å². The van der Waals surface area contributed by atoms with Crippen molar-refractivity contribution in [3.8, 4) is 0 Å². The molecule has 0 bridgehead atoms. The van der Waals surface area contributed by atoms with E-state index in [1.165, 1.54) is 13.0 Å². The number of hydrogen-bond donors (Lipinski definition) is 2. The van der Waals surface area contributed by atoms with Gasteiger partial charge in [-0.1, -0.05) is 32.0 Å². The van der Waals surface area contributed by atoms with Crippen molar-refractivity contribution in [3.05, 3.63) is 65.2 Å². The molecule has 0 heterocycles. The Morgan fingerprint density at radius 3 is 2.23 bits per heavy atom. The molecule has 8 heteroatoms. The predicted octanol–water partition coefficient (Wildman–Crippen LogP) is 3.60. The molecular weight excluding hydrogens is 394 g/mol. The minimum atomic E-state index is -1.22. The van der Waals surface area contributed by atoms with Gasteiger partial charge in [0.15, 0.2) is 17.7 Å². The fourth-order valence-electron chi connectivity index (χ4n) is 2.66. The van der Waals surface area contributed by atoms with Crippen LogP contribution in [0.15, 0.2) is 42.5 Å². The van der Waals surface area contributed by atoms with Crippen molar-refractivity contribution in [2.45, 2.75) is 39.8 Å². The average Bonchev–Trinajstić information content (AvgIpc) is 2.68. The lowest BCUT2D eigenvalue weighted by Gasteiger charge is -2.23. The normalized spacial score (nSPS) is 12.8. The van der Waals surface area contributed by atoms with Gasteiger partial charge in [-0.25, -0.2) is 13.6 Å². The van der Waals surface area contributed by atoms with Gasteiger partial charge in [0.2, 0.25) is 0 Å². The molecule has 0 spiro atoms. The van der Waals surface area contributed by atoms with E-state index >= 15 is 0 Å². The molecule has 0 aliphatic heterocycles. The van der Waals surface area contributed by atoms with Crippen molar-refractivity contribution in [1.82, 2.24) is 5.32 Å². The van der Waals surface area contributed by atoms with Crippen molar-refractivity contribution in [2.75, 3.05) is 5.32 Å². The molecule has 2 rings (SSSR count). The Kier molecular flexibility index (Phi) is 7.63. The van der Waals surface area contributed by atoms with Gasteiger partial charge in [-0.3, -0.25) is 9.59 Å². The third kappa shape index (κ3) is 5.85. The molecule has 2 atom stereocenters. The van der Waals surface area contributed by atoms with Crippen LogP contribution < -0.4 is 10.6 Å². The fourth-order valence-corrected chi connectivity index (χ4v) is 2.66. The molecule has 0 aliphatic carbocycles. The number of esters is 1. The van der Waals surface area contributed by atoms with Crippen LogP contribution in [-0.2, 0) is 14.3 Å². The van der Waals surface area contributed by atoms with E-state index in [4.69, 9.17) is 4.74 Å². The topological polar surface area (TPSA) is 84.5 Å². The number of aryl methyl sites for hydroxylation is 1. The summed E-state index contributed by atoms with van der Waals surface area (Å²) in [6.07, 6.45) is -1.22. The monoisotopic (exact) mass is 418 g/mol. The smallest absolute Gasteiger partial charge is 0.329 e. The van der Waals surface area contributed by atoms with Crippen LogP contribution in [0.2, 0.25) is 0 Å². The maximum atomic E-state index is 13.3. The van der Waals surface area contributed by atoms with Crippen molar-refractivity contribution in [1.29, 1.82) is 0 Å². The molecule has 0 aromatic heterocycles. The summed E-state index contributed by atoms with van der Waals surface area (Å²) in [5, 5.41) is 4.99. The second-order valence-corrected chi connectivity index (χ2v) is 7.21. The minimum absolute atomic E-state index is 0.0232. The number of amides is 2. The van der Waals surface area contributed by atoms with Crippen LogP contribution in [0.3, 0.4) is 0 Å². The highest BCUT2D eigenvalue weighted by Crippen LogP contribution is 2.15. The predicted molar refractivity (Wildman–Crippen MR) is 108 cm³/mol. The third-order valence-corrected chi connectivity index (χ3v) is 4.45. The lowest BCUT2D eigenvalue weighted by molar-refractivity contribution is -0.156. The highest BCUT2D eigenvalue weighted by Gasteiger charge is 2.29. The molecule has 2 aromatic carbocycles. The maximum Gasteiger partial charge on any atom is 0.329 e. The number of carbonyl (C=O) groups excluding carboxylic acids is 3. The zero-order valence-electron chi connectivity index (χ0n) is 17.2. The van der Waals surface area contributed by atoms with Crippen LogP contribution in [0.1, 0.15) is 36.7 Å². The van der Waals surface area contributed by atoms with Crippen LogP contribution in [0.25, 0.3) is 0 Å². The molecule has 0 unspecified atom stereocenters. The average molecular weight is 418 g/mol. The van der Waals surface area contributed by atoms with E-state index in [-0.39, 0.29) is 11.6 Å². The summed E-state index contributed by atoms with van der Waals surface area (Å²) in [5.74, 6) is -4.38. The second kappa shape index (κ2) is 9.96. The van der Waals surface area contributed by atoms with Crippen molar-refractivity contribution >= 4 is 23.5 Å². The number of anilines is 1. The molecule has 0 aliphatic rings. The number of halogens is 2. The SMILES string of the molecule is Cc1ccccc1C(=O)N[C@H](C(=O)O[C@H](C)C(=O)Nc1ccc(F)c(F)c1)C(C)C. The Labute approximate surface area is 173 Å². The van der Waals surface area contributed by atoms with Crippen LogP contribution in [0.5, 0.6) is 0 Å². The summed E-state index contributed by atoms with van der Waals surface area (Å²) in [4.78, 5) is 37.3. The van der Waals surface area contributed by atoms with Crippen LogP contribution in [-0.4, -0.2) is 29.9 Å². The first-order valence-electron chi connectivity index (χ1n) is 9.43. The number of hydrogen-bond acceptors (Lipinski definition) is 4. The molecule has 0 saturated heterocycles. The molecule has 0 radical (unpaired) electrons. The van der Waals surface area contributed by atoms with Gasteiger partial charge in [0, 0.05) is 17.3 Å². The fraction of sp³-hybridized carbons (Fsp3) is 0.318. The summed E-state index contributed by atoms with van der Waals surface area (Å²) in [7, 11) is 0. The van der Waals surface area contributed by atoms with E-state index in [1.807, 2.05) is 0 Å². The van der Waals surface area contributed by atoms with Gasteiger partial charge < -0.3 is 15.4 Å². The first-order valence-corrected chi connectivity index (χ1v) is 9.43. The molecule has 6 nitrogen and oxygen atoms in total. The summed E-state index contributed by atoms with van der Waals surface area (Å²) < 4.78 is 31.5. The van der Waals surface area contributed by atoms with E-state index < -0.39 is 41.6 Å². The summed E-state index contributed by atoms with van der Waals surface area (Å²) in [6, 6.07) is 8.84. The van der Waals surface area contributed by atoms with Crippen LogP contribution in [0, 0.1) is 24.5 Å². The van der Waals surface area contributed by atoms with E-state index in [9.17, 15) is 23.2 Å². The molecule has 2 amide bonds. The molecule has 2 aromatic rings. The van der Waals surface area contributed by atoms with Gasteiger partial charge >= 0.3 is 5.97 Å².